The maximum Gasteiger partial charge on any atom is 0.417 e. The zero-order chi connectivity index (χ0) is 58.8. The van der Waals surface area contributed by atoms with Crippen LogP contribution in [0.4, 0.5) is 79.0 Å². The molecule has 0 fully saturated rings. The third-order valence-corrected chi connectivity index (χ3v) is 14.1. The van der Waals surface area contributed by atoms with Gasteiger partial charge in [0, 0.05) is 43.9 Å². The molecule has 0 aliphatic rings. The van der Waals surface area contributed by atoms with Crippen LogP contribution in [0.5, 0.6) is 0 Å². The maximum atomic E-state index is 14.9. The number of aromatic nitrogens is 2. The minimum atomic E-state index is -5.37. The average molecular weight is 1150 g/mol. The number of benzene rings is 9. The summed E-state index contributed by atoms with van der Waals surface area (Å²) in [5, 5.41) is 12.0. The Hall–Kier alpha value is -9.19. The second-order valence-electron chi connectivity index (χ2n) is 19.0. The van der Waals surface area contributed by atoms with E-state index in [1.807, 2.05) is 6.07 Å². The van der Waals surface area contributed by atoms with Crippen LogP contribution in [0.3, 0.4) is 0 Å². The number of alkyl halides is 18. The first-order valence-corrected chi connectivity index (χ1v) is 24.0. The first-order chi connectivity index (χ1) is 38.4. The number of nitriles is 1. The van der Waals surface area contributed by atoms with Crippen molar-refractivity contribution >= 4 is 43.6 Å². The van der Waals surface area contributed by atoms with E-state index in [1.165, 1.54) is 65.2 Å². The van der Waals surface area contributed by atoms with E-state index in [0.29, 0.717) is 58.8 Å². The van der Waals surface area contributed by atoms with Crippen LogP contribution in [0, 0.1) is 11.3 Å². The Kier molecular flexibility index (Phi) is 12.7. The van der Waals surface area contributed by atoms with Gasteiger partial charge >= 0.3 is 37.1 Å². The SMILES string of the molecule is N#Cc1ccc(-n2c3ccccc3c3cc(-c4ccc(C(F)(F)F)cc4C(F)(F)F)ccc32)cc1-c1cc(-c2c(C(F)(F)F)cccc2C(F)(F)F)ccc1-n1c2ccccc2c2cc(-c3ccc(C(F)(F)F)cc3C(F)(F)F)ccc21. The highest BCUT2D eigenvalue weighted by Gasteiger charge is 2.43. The van der Waals surface area contributed by atoms with Gasteiger partial charge in [0.25, 0.3) is 0 Å². The lowest BCUT2D eigenvalue weighted by Gasteiger charge is -2.22. The van der Waals surface area contributed by atoms with Crippen molar-refractivity contribution in [3.05, 3.63) is 215 Å². The van der Waals surface area contributed by atoms with E-state index in [-0.39, 0.29) is 78.6 Å². The number of para-hydroxylation sites is 2. The summed E-state index contributed by atoms with van der Waals surface area (Å²) in [5.41, 5.74) is -12.3. The highest BCUT2D eigenvalue weighted by molar-refractivity contribution is 6.12. The van der Waals surface area contributed by atoms with Gasteiger partial charge in [0.1, 0.15) is 0 Å². The average Bonchev–Trinajstić information content (AvgIpc) is 2.43. The van der Waals surface area contributed by atoms with Gasteiger partial charge in [0.15, 0.2) is 0 Å². The van der Waals surface area contributed by atoms with Gasteiger partial charge in [-0.15, -0.1) is 0 Å². The van der Waals surface area contributed by atoms with Crippen LogP contribution in [0.1, 0.15) is 38.9 Å². The summed E-state index contributed by atoms with van der Waals surface area (Å²) < 4.78 is 262. The van der Waals surface area contributed by atoms with Gasteiger partial charge in [-0.1, -0.05) is 72.8 Å². The summed E-state index contributed by atoms with van der Waals surface area (Å²) >= 11 is 0. The van der Waals surface area contributed by atoms with Crippen molar-refractivity contribution in [2.24, 2.45) is 0 Å². The third kappa shape index (κ3) is 9.48. The third-order valence-electron chi connectivity index (χ3n) is 14.1. The molecule has 0 aliphatic heterocycles. The molecule has 0 saturated heterocycles. The molecule has 0 radical (unpaired) electrons. The van der Waals surface area contributed by atoms with E-state index in [1.54, 1.807) is 53.1 Å². The summed E-state index contributed by atoms with van der Waals surface area (Å²) in [5.74, 6) is 0. The second kappa shape index (κ2) is 19.0. The molecule has 11 aromatic rings. The van der Waals surface area contributed by atoms with Crippen LogP contribution in [0.25, 0.3) is 99.5 Å². The Balaban J connectivity index is 1.18. The predicted octanol–water partition coefficient (Wildman–Crippen LogP) is 20.5. The molecule has 0 N–H and O–H groups in total. The van der Waals surface area contributed by atoms with Crippen LogP contribution >= 0.6 is 0 Å². The number of fused-ring (bicyclic) bond motifs is 6. The number of hydrogen-bond acceptors (Lipinski definition) is 1. The fraction of sp³-hybridized carbons (Fsp3) is 0.0984. The van der Waals surface area contributed by atoms with Gasteiger partial charge in [-0.2, -0.15) is 84.3 Å². The molecule has 11 rings (SSSR count). The van der Waals surface area contributed by atoms with Crippen LogP contribution in [-0.4, -0.2) is 9.13 Å². The molecule has 0 spiro atoms. The Morgan fingerprint density at radius 2 is 0.744 bits per heavy atom. The van der Waals surface area contributed by atoms with E-state index in [0.717, 1.165) is 12.1 Å². The lowest BCUT2D eigenvalue weighted by Crippen LogP contribution is -2.14. The van der Waals surface area contributed by atoms with E-state index in [9.17, 15) is 84.3 Å². The smallest absolute Gasteiger partial charge is 0.309 e. The molecule has 414 valence electrons. The minimum absolute atomic E-state index is 0.00297. The quantitative estimate of drug-likeness (QED) is 0.153. The van der Waals surface area contributed by atoms with Gasteiger partial charge in [-0.05, 0) is 131 Å². The first kappa shape index (κ1) is 54.8. The standard InChI is InChI=1S/C61H29F18N3/c62-56(63,64)35-16-19-38(48(27-35)60(74,75)76)31-13-21-52-43(24-31)40-6-1-3-10-50(40)81(52)37-18-12-34(30-80)42(29-37)45-26-33(55-46(58(68,69)70)8-5-9-47(55)59(71,72)73)15-23-54(45)82-51-11-4-2-7-41(51)44-25-32(14-22-53(44)82)39-20-17-36(57(65,66)67)28-49(39)61(77,78)79/h1-29H. The molecular formula is C61H29F18N3. The van der Waals surface area contributed by atoms with Crippen molar-refractivity contribution in [2.45, 2.75) is 37.1 Å². The number of halogens is 18. The molecule has 21 heteroatoms. The highest BCUT2D eigenvalue weighted by Crippen LogP contribution is 2.50. The maximum absolute atomic E-state index is 14.9. The van der Waals surface area contributed by atoms with Gasteiger partial charge in [-0.25, -0.2) is 0 Å². The Bertz CT molecular complexity index is 4410. The van der Waals surface area contributed by atoms with Crippen molar-refractivity contribution < 1.29 is 79.0 Å². The molecule has 3 nitrogen and oxygen atoms in total. The first-order valence-electron chi connectivity index (χ1n) is 24.0. The normalized spacial score (nSPS) is 13.0. The predicted molar refractivity (Wildman–Crippen MR) is 272 cm³/mol. The van der Waals surface area contributed by atoms with Crippen molar-refractivity contribution in [1.82, 2.24) is 9.13 Å². The molecule has 0 unspecified atom stereocenters. The van der Waals surface area contributed by atoms with Gasteiger partial charge in [-0.3, -0.25) is 0 Å². The van der Waals surface area contributed by atoms with E-state index in [2.05, 4.69) is 0 Å². The van der Waals surface area contributed by atoms with Crippen LogP contribution < -0.4 is 0 Å². The van der Waals surface area contributed by atoms with Crippen LogP contribution in [0.15, 0.2) is 176 Å². The Labute approximate surface area is 449 Å². The number of hydrogen-bond donors (Lipinski definition) is 0. The van der Waals surface area contributed by atoms with Crippen molar-refractivity contribution in [3.8, 4) is 62.0 Å². The Morgan fingerprint density at radius 1 is 0.305 bits per heavy atom. The monoisotopic (exact) mass is 1150 g/mol. The fourth-order valence-corrected chi connectivity index (χ4v) is 10.7. The summed E-state index contributed by atoms with van der Waals surface area (Å²) in [6.07, 6.45) is -31.5. The fourth-order valence-electron chi connectivity index (χ4n) is 10.7. The van der Waals surface area contributed by atoms with Crippen molar-refractivity contribution in [3.63, 3.8) is 0 Å². The molecule has 0 saturated carbocycles. The molecule has 0 aliphatic carbocycles. The second-order valence-corrected chi connectivity index (χ2v) is 19.0. The molecule has 0 amide bonds. The van der Waals surface area contributed by atoms with Crippen LogP contribution in [0.2, 0.25) is 0 Å². The van der Waals surface area contributed by atoms with E-state index < -0.39 is 92.7 Å². The summed E-state index contributed by atoms with van der Waals surface area (Å²) in [6, 6.07) is 33.6. The lowest BCUT2D eigenvalue weighted by atomic mass is 9.89. The van der Waals surface area contributed by atoms with Crippen molar-refractivity contribution in [2.75, 3.05) is 0 Å². The molecule has 82 heavy (non-hydrogen) atoms. The minimum Gasteiger partial charge on any atom is -0.309 e. The van der Waals surface area contributed by atoms with Crippen LogP contribution in [-0.2, 0) is 37.1 Å². The number of nitrogens with zero attached hydrogens (tertiary/aromatic N) is 3. The van der Waals surface area contributed by atoms with E-state index >= 15 is 0 Å². The van der Waals surface area contributed by atoms with Gasteiger partial charge in [0.05, 0.1) is 72.8 Å². The van der Waals surface area contributed by atoms with Gasteiger partial charge in [0.2, 0.25) is 0 Å². The zero-order valence-corrected chi connectivity index (χ0v) is 40.9. The van der Waals surface area contributed by atoms with Gasteiger partial charge < -0.3 is 9.13 Å². The molecule has 0 atom stereocenters. The molecule has 0 bridgehead atoms. The summed E-state index contributed by atoms with van der Waals surface area (Å²) in [6.45, 7) is 0. The van der Waals surface area contributed by atoms with E-state index in [4.69, 9.17) is 0 Å². The highest BCUT2D eigenvalue weighted by atomic mass is 19.4. The molecule has 2 aromatic heterocycles. The number of rotatable bonds is 6. The summed E-state index contributed by atoms with van der Waals surface area (Å²) in [4.78, 5) is 0. The Morgan fingerprint density at radius 3 is 1.21 bits per heavy atom. The molecule has 2 heterocycles. The lowest BCUT2D eigenvalue weighted by molar-refractivity contribution is -0.144. The topological polar surface area (TPSA) is 33.6 Å². The molecular weight excluding hydrogens is 1120 g/mol. The van der Waals surface area contributed by atoms with Crippen molar-refractivity contribution in [1.29, 1.82) is 5.26 Å². The summed E-state index contributed by atoms with van der Waals surface area (Å²) in [7, 11) is 0. The zero-order valence-electron chi connectivity index (χ0n) is 40.9. The largest absolute Gasteiger partial charge is 0.417 e. The molecule has 9 aromatic carbocycles.